The quantitative estimate of drug-likeness (QED) is 0.255. The first-order chi connectivity index (χ1) is 18.0. The van der Waals surface area contributed by atoms with Crippen LogP contribution >= 0.6 is 11.3 Å². The van der Waals surface area contributed by atoms with Crippen LogP contribution in [0.4, 0.5) is 0 Å². The summed E-state index contributed by atoms with van der Waals surface area (Å²) < 4.78 is 6.36. The molecule has 4 N–H and O–H groups in total. The Balaban J connectivity index is 1.17. The van der Waals surface area contributed by atoms with Gasteiger partial charge in [0.1, 0.15) is 11.3 Å². The Labute approximate surface area is 222 Å². The molecule has 0 bridgehead atoms. The van der Waals surface area contributed by atoms with Crippen molar-refractivity contribution in [2.75, 3.05) is 45.9 Å². The van der Waals surface area contributed by atoms with E-state index in [0.717, 1.165) is 80.1 Å². The van der Waals surface area contributed by atoms with E-state index < -0.39 is 0 Å². The Morgan fingerprint density at radius 1 is 1.08 bits per heavy atom. The second-order valence-electron chi connectivity index (χ2n) is 9.62. The molecule has 0 atom stereocenters. The summed E-state index contributed by atoms with van der Waals surface area (Å²) >= 11 is 1.12. The maximum atomic E-state index is 12.5. The summed E-state index contributed by atoms with van der Waals surface area (Å²) in [5, 5.41) is 16.3. The van der Waals surface area contributed by atoms with Crippen LogP contribution in [0.25, 0.3) is 10.2 Å². The van der Waals surface area contributed by atoms with Gasteiger partial charge in [-0.15, -0.1) is 0 Å². The molecule has 37 heavy (non-hydrogen) atoms. The fourth-order valence-corrected chi connectivity index (χ4v) is 5.82. The summed E-state index contributed by atoms with van der Waals surface area (Å²) in [5.41, 5.74) is 4.22. The number of phenols is 1. The van der Waals surface area contributed by atoms with Crippen LogP contribution in [-0.2, 0) is 22.4 Å². The molecule has 2 aromatic carbocycles. The minimum atomic E-state index is -0.168. The number of nitrogens with one attached hydrogen (secondary N) is 3. The maximum absolute atomic E-state index is 12.5. The second-order valence-corrected chi connectivity index (χ2v) is 10.6. The highest BCUT2D eigenvalue weighted by Gasteiger charge is 2.22. The van der Waals surface area contributed by atoms with Gasteiger partial charge in [-0.25, -0.2) is 0 Å². The smallest absolute Gasteiger partial charge is 0.305 e. The third kappa shape index (κ3) is 7.88. The number of benzene rings is 2. The second kappa shape index (κ2) is 13.7. The number of hydrogen-bond donors (Lipinski definition) is 4. The zero-order chi connectivity index (χ0) is 26.0. The van der Waals surface area contributed by atoms with Crippen LogP contribution < -0.4 is 15.5 Å². The van der Waals surface area contributed by atoms with Crippen molar-refractivity contribution in [3.05, 3.63) is 62.8 Å². The van der Waals surface area contributed by atoms with Gasteiger partial charge in [-0.2, -0.15) is 0 Å². The molecular weight excluding hydrogens is 488 g/mol. The van der Waals surface area contributed by atoms with Crippen molar-refractivity contribution < 1.29 is 14.6 Å². The van der Waals surface area contributed by atoms with Crippen LogP contribution in [0.1, 0.15) is 36.0 Å². The first-order valence-electron chi connectivity index (χ1n) is 13.2. The number of amides is 1. The fraction of sp³-hybridized carbons (Fsp3) is 0.500. The van der Waals surface area contributed by atoms with Gasteiger partial charge in [-0.1, -0.05) is 41.7 Å². The SMILES string of the molecule is Cc1ccccc1CCN(CCC(=O)NCCNCCc1ccc(O)c2[nH]c(=O)sc12)C1CCOCC1. The number of hydrogen-bond acceptors (Lipinski definition) is 7. The van der Waals surface area contributed by atoms with Gasteiger partial charge in [0.2, 0.25) is 5.91 Å². The lowest BCUT2D eigenvalue weighted by atomic mass is 10.0. The van der Waals surface area contributed by atoms with E-state index in [9.17, 15) is 14.7 Å². The highest BCUT2D eigenvalue weighted by atomic mass is 32.1. The topological polar surface area (TPSA) is 107 Å². The van der Waals surface area contributed by atoms with Crippen LogP contribution in [0.2, 0.25) is 0 Å². The van der Waals surface area contributed by atoms with Gasteiger partial charge in [0.05, 0.1) is 4.70 Å². The van der Waals surface area contributed by atoms with Crippen molar-refractivity contribution in [1.29, 1.82) is 0 Å². The average molecular weight is 527 g/mol. The van der Waals surface area contributed by atoms with Crippen molar-refractivity contribution >= 4 is 27.5 Å². The Bertz CT molecular complexity index is 1220. The number of thiazole rings is 1. The van der Waals surface area contributed by atoms with Crippen molar-refractivity contribution in [2.24, 2.45) is 0 Å². The first kappa shape index (κ1) is 27.3. The highest BCUT2D eigenvalue weighted by Crippen LogP contribution is 2.27. The van der Waals surface area contributed by atoms with Gasteiger partial charge in [-0.3, -0.25) is 14.5 Å². The molecule has 1 aliphatic heterocycles. The van der Waals surface area contributed by atoms with Crippen LogP contribution in [0.3, 0.4) is 0 Å². The summed E-state index contributed by atoms with van der Waals surface area (Å²) in [5.74, 6) is 0.172. The zero-order valence-electron chi connectivity index (χ0n) is 21.6. The number of aromatic nitrogens is 1. The molecular formula is C28H38N4O4S. The van der Waals surface area contributed by atoms with Crippen LogP contribution in [0.15, 0.2) is 41.2 Å². The van der Waals surface area contributed by atoms with E-state index >= 15 is 0 Å². The lowest BCUT2D eigenvalue weighted by Crippen LogP contribution is -2.43. The molecule has 1 aliphatic rings. The van der Waals surface area contributed by atoms with E-state index in [0.29, 0.717) is 31.1 Å². The van der Waals surface area contributed by atoms with E-state index in [1.807, 2.05) is 6.07 Å². The average Bonchev–Trinajstić information content (AvgIpc) is 3.31. The third-order valence-electron chi connectivity index (χ3n) is 7.10. The van der Waals surface area contributed by atoms with Crippen LogP contribution in [-0.4, -0.2) is 72.9 Å². The van der Waals surface area contributed by atoms with Crippen LogP contribution in [0, 0.1) is 6.92 Å². The molecule has 9 heteroatoms. The number of H-pyrrole nitrogens is 1. The van der Waals surface area contributed by atoms with Gasteiger partial charge in [0.25, 0.3) is 0 Å². The molecule has 0 radical (unpaired) electrons. The molecule has 3 aromatic rings. The van der Waals surface area contributed by atoms with Crippen molar-refractivity contribution in [3.63, 3.8) is 0 Å². The summed E-state index contributed by atoms with van der Waals surface area (Å²) in [7, 11) is 0. The number of aromatic amines is 1. The molecule has 0 unspecified atom stereocenters. The van der Waals surface area contributed by atoms with Gasteiger partial charge < -0.3 is 25.5 Å². The number of ether oxygens (including phenoxy) is 1. The predicted molar refractivity (Wildman–Crippen MR) is 149 cm³/mol. The molecule has 2 heterocycles. The minimum absolute atomic E-state index is 0.0760. The van der Waals surface area contributed by atoms with Crippen molar-refractivity contribution in [1.82, 2.24) is 20.5 Å². The lowest BCUT2D eigenvalue weighted by Gasteiger charge is -2.34. The summed E-state index contributed by atoms with van der Waals surface area (Å²) in [6.45, 7) is 7.41. The van der Waals surface area contributed by atoms with Gasteiger partial charge in [0.15, 0.2) is 0 Å². The molecule has 200 valence electrons. The van der Waals surface area contributed by atoms with E-state index in [1.165, 1.54) is 11.1 Å². The standard InChI is InChI=1S/C28H38N4O4S/c1-20-4-2-3-5-21(20)9-16-32(23-11-18-36-19-12-23)17-10-25(34)30-15-14-29-13-8-22-6-7-24(33)26-27(22)37-28(35)31-26/h2-7,23,29,33H,8-19H2,1H3,(H,30,34)(H,31,35). The Kier molecular flexibility index (Phi) is 10.1. The molecule has 1 saturated heterocycles. The minimum Gasteiger partial charge on any atom is -0.506 e. The van der Waals surface area contributed by atoms with Crippen molar-refractivity contribution in [2.45, 2.75) is 45.1 Å². The molecule has 4 rings (SSSR count). The Morgan fingerprint density at radius 3 is 2.70 bits per heavy atom. The summed E-state index contributed by atoms with van der Waals surface area (Å²) in [6.07, 6.45) is 4.25. The number of fused-ring (bicyclic) bond motifs is 1. The first-order valence-corrected chi connectivity index (χ1v) is 14.0. The maximum Gasteiger partial charge on any atom is 0.305 e. The number of aryl methyl sites for hydroxylation is 1. The Hall–Kier alpha value is -2.72. The van der Waals surface area contributed by atoms with E-state index in [-0.39, 0.29) is 16.5 Å². The van der Waals surface area contributed by atoms with Gasteiger partial charge in [0, 0.05) is 51.9 Å². The molecule has 0 saturated carbocycles. The van der Waals surface area contributed by atoms with E-state index in [2.05, 4.69) is 51.7 Å². The summed E-state index contributed by atoms with van der Waals surface area (Å²) in [4.78, 5) is 29.2. The van der Waals surface area contributed by atoms with Crippen LogP contribution in [0.5, 0.6) is 5.75 Å². The number of aromatic hydroxyl groups is 1. The number of carbonyl (C=O) groups excluding carboxylic acids is 1. The molecule has 8 nitrogen and oxygen atoms in total. The lowest BCUT2D eigenvalue weighted by molar-refractivity contribution is -0.121. The van der Waals surface area contributed by atoms with E-state index in [1.54, 1.807) is 6.07 Å². The number of phenolic OH excluding ortho intramolecular Hbond substituents is 1. The number of rotatable bonds is 13. The van der Waals surface area contributed by atoms with E-state index in [4.69, 9.17) is 4.74 Å². The number of carbonyl (C=O) groups is 1. The fourth-order valence-electron chi connectivity index (χ4n) is 4.92. The van der Waals surface area contributed by atoms with Crippen molar-refractivity contribution in [3.8, 4) is 5.75 Å². The molecule has 1 aromatic heterocycles. The monoisotopic (exact) mass is 526 g/mol. The molecule has 0 spiro atoms. The predicted octanol–water partition coefficient (Wildman–Crippen LogP) is 2.97. The number of nitrogens with zero attached hydrogens (tertiary/aromatic N) is 1. The molecule has 0 aliphatic carbocycles. The Morgan fingerprint density at radius 2 is 1.89 bits per heavy atom. The molecule has 1 amide bonds. The highest BCUT2D eigenvalue weighted by molar-refractivity contribution is 7.16. The third-order valence-corrected chi connectivity index (χ3v) is 8.05. The molecule has 1 fully saturated rings. The zero-order valence-corrected chi connectivity index (χ0v) is 22.4. The summed E-state index contributed by atoms with van der Waals surface area (Å²) in [6, 6.07) is 12.5. The normalized spacial score (nSPS) is 14.4. The van der Waals surface area contributed by atoms with Gasteiger partial charge >= 0.3 is 4.87 Å². The largest absolute Gasteiger partial charge is 0.506 e. The van der Waals surface area contributed by atoms with Gasteiger partial charge in [-0.05, 0) is 61.9 Å².